The number of carbonyl (C=O) groups is 1. The zero-order valence-corrected chi connectivity index (χ0v) is 21.8. The van der Waals surface area contributed by atoms with Crippen LogP contribution >= 0.6 is 11.3 Å². The molecular weight excluding hydrogens is 484 g/mol. The number of alkyl halides is 2. The molecule has 2 aliphatic rings. The number of benzene rings is 1. The summed E-state index contributed by atoms with van der Waals surface area (Å²) in [6.45, 7) is 2.90. The Morgan fingerprint density at radius 1 is 1.36 bits per heavy atom. The van der Waals surface area contributed by atoms with Crippen LogP contribution in [0.1, 0.15) is 65.5 Å². The number of nitrogens with one attached hydrogen (secondary N) is 1. The van der Waals surface area contributed by atoms with E-state index in [0.717, 1.165) is 75.7 Å². The number of carbonyl (C=O) groups excluding carboxylic acids is 1. The first-order chi connectivity index (χ1) is 17.2. The van der Waals surface area contributed by atoms with Crippen molar-refractivity contribution in [2.75, 3.05) is 32.5 Å². The maximum atomic E-state index is 13.1. The Balaban J connectivity index is 1.21. The number of hydrogen-bond acceptors (Lipinski definition) is 7. The fourth-order valence-corrected chi connectivity index (χ4v) is 5.85. The fraction of sp³-hybridized carbons (Fsp3) is 0.577. The SMILES string of the molecule is CN=Cc1c(N)cccc1C(=O)NC1CCC(CCN2CCc3sc(OCC(C)(F)F)nc3C2)CC1. The van der Waals surface area contributed by atoms with Crippen molar-refractivity contribution in [1.29, 1.82) is 0 Å². The number of aliphatic imine (C=N–C) groups is 1. The van der Waals surface area contributed by atoms with E-state index in [1.807, 2.05) is 0 Å². The number of aromatic nitrogens is 1. The predicted molar refractivity (Wildman–Crippen MR) is 139 cm³/mol. The molecule has 4 rings (SSSR count). The lowest BCUT2D eigenvalue weighted by Gasteiger charge is -2.32. The number of anilines is 1. The lowest BCUT2D eigenvalue weighted by atomic mass is 9.84. The minimum atomic E-state index is -2.86. The fourth-order valence-electron chi connectivity index (χ4n) is 4.95. The average Bonchev–Trinajstić information content (AvgIpc) is 3.25. The van der Waals surface area contributed by atoms with Crippen molar-refractivity contribution < 1.29 is 18.3 Å². The molecule has 0 radical (unpaired) electrons. The molecule has 0 atom stereocenters. The molecule has 36 heavy (non-hydrogen) atoms. The van der Waals surface area contributed by atoms with Gasteiger partial charge in [-0.15, -0.1) is 0 Å². The van der Waals surface area contributed by atoms with Crippen LogP contribution in [0.25, 0.3) is 0 Å². The van der Waals surface area contributed by atoms with Gasteiger partial charge in [0.15, 0.2) is 6.61 Å². The summed E-state index contributed by atoms with van der Waals surface area (Å²) < 4.78 is 31.3. The van der Waals surface area contributed by atoms with E-state index in [1.54, 1.807) is 31.5 Å². The standard InChI is InChI=1S/C26H35F2N5O2S/c1-26(27,28)16-35-25-32-22-15-33(13-11-23(22)36-25)12-10-17-6-8-18(9-7-17)31-24(34)19-4-3-5-21(29)20(19)14-30-2/h3-5,14,17-18H,6-13,15-16,29H2,1-2H3,(H,31,34). The summed E-state index contributed by atoms with van der Waals surface area (Å²) in [7, 11) is 1.66. The van der Waals surface area contributed by atoms with E-state index >= 15 is 0 Å². The van der Waals surface area contributed by atoms with Crippen molar-refractivity contribution in [1.82, 2.24) is 15.2 Å². The molecule has 1 amide bonds. The molecule has 7 nitrogen and oxygen atoms in total. The molecule has 0 bridgehead atoms. The molecule has 196 valence electrons. The number of thiazole rings is 1. The Morgan fingerprint density at radius 2 is 2.14 bits per heavy atom. The third kappa shape index (κ3) is 7.00. The molecule has 1 aliphatic carbocycles. The third-order valence-corrected chi connectivity index (χ3v) is 7.98. The van der Waals surface area contributed by atoms with Gasteiger partial charge in [0.25, 0.3) is 17.0 Å². The smallest absolute Gasteiger partial charge is 0.278 e. The van der Waals surface area contributed by atoms with Gasteiger partial charge in [-0.3, -0.25) is 14.7 Å². The van der Waals surface area contributed by atoms with Crippen molar-refractivity contribution in [3.63, 3.8) is 0 Å². The Morgan fingerprint density at radius 3 is 2.86 bits per heavy atom. The van der Waals surface area contributed by atoms with Crippen molar-refractivity contribution in [3.05, 3.63) is 39.9 Å². The first-order valence-corrected chi connectivity index (χ1v) is 13.4. The number of ether oxygens (including phenoxy) is 1. The molecule has 3 N–H and O–H groups in total. The van der Waals surface area contributed by atoms with Gasteiger partial charge < -0.3 is 15.8 Å². The molecule has 0 unspecified atom stereocenters. The molecule has 2 aromatic rings. The highest BCUT2D eigenvalue weighted by atomic mass is 32.1. The van der Waals surface area contributed by atoms with Crippen LogP contribution in [0.3, 0.4) is 0 Å². The van der Waals surface area contributed by atoms with Crippen LogP contribution in [0, 0.1) is 5.92 Å². The molecule has 1 aromatic heterocycles. The molecule has 0 spiro atoms. The number of halogens is 2. The third-order valence-electron chi connectivity index (χ3n) is 6.91. The highest BCUT2D eigenvalue weighted by molar-refractivity contribution is 7.13. The van der Waals surface area contributed by atoms with E-state index in [-0.39, 0.29) is 11.9 Å². The number of hydrogen-bond donors (Lipinski definition) is 2. The second-order valence-corrected chi connectivity index (χ2v) is 11.0. The van der Waals surface area contributed by atoms with Crippen molar-refractivity contribution in [2.45, 2.75) is 64.0 Å². The second-order valence-electron chi connectivity index (χ2n) is 9.91. The molecule has 2 heterocycles. The van der Waals surface area contributed by atoms with Crippen molar-refractivity contribution >= 4 is 29.1 Å². The van der Waals surface area contributed by atoms with Crippen LogP contribution in [0.5, 0.6) is 5.19 Å². The van der Waals surface area contributed by atoms with Crippen LogP contribution in [0.2, 0.25) is 0 Å². The molecule has 1 aliphatic heterocycles. The van der Waals surface area contributed by atoms with Gasteiger partial charge >= 0.3 is 0 Å². The van der Waals surface area contributed by atoms with Gasteiger partial charge in [0, 0.05) is 55.4 Å². The molecular formula is C26H35F2N5O2S. The summed E-state index contributed by atoms with van der Waals surface area (Å²) in [4.78, 5) is 24.9. The molecule has 0 saturated heterocycles. The Bertz CT molecular complexity index is 1080. The van der Waals surface area contributed by atoms with Crippen molar-refractivity contribution in [3.8, 4) is 5.19 Å². The van der Waals surface area contributed by atoms with Crippen LogP contribution in [-0.4, -0.2) is 60.7 Å². The number of nitrogens with two attached hydrogens (primary N) is 1. The minimum absolute atomic E-state index is 0.0981. The van der Waals surface area contributed by atoms with E-state index in [4.69, 9.17) is 10.5 Å². The first-order valence-electron chi connectivity index (χ1n) is 12.5. The van der Waals surface area contributed by atoms with Gasteiger partial charge in [-0.2, -0.15) is 0 Å². The van der Waals surface area contributed by atoms with E-state index in [0.29, 0.717) is 27.9 Å². The maximum absolute atomic E-state index is 13.1. The van der Waals surface area contributed by atoms with Gasteiger partial charge in [0.1, 0.15) is 0 Å². The maximum Gasteiger partial charge on any atom is 0.278 e. The monoisotopic (exact) mass is 519 g/mol. The minimum Gasteiger partial charge on any atom is -0.464 e. The van der Waals surface area contributed by atoms with Crippen LogP contribution in [0.4, 0.5) is 14.5 Å². The van der Waals surface area contributed by atoms with Crippen molar-refractivity contribution in [2.24, 2.45) is 10.9 Å². The lowest BCUT2D eigenvalue weighted by molar-refractivity contribution is -0.0230. The Kier molecular flexibility index (Phi) is 8.56. The first kappa shape index (κ1) is 26.5. The summed E-state index contributed by atoms with van der Waals surface area (Å²) in [6, 6.07) is 5.52. The number of rotatable bonds is 9. The van der Waals surface area contributed by atoms with Gasteiger partial charge in [-0.25, -0.2) is 13.8 Å². The van der Waals surface area contributed by atoms with Gasteiger partial charge in [0.2, 0.25) is 0 Å². The van der Waals surface area contributed by atoms with Crippen LogP contribution < -0.4 is 15.8 Å². The number of fused-ring (bicyclic) bond motifs is 1. The highest BCUT2D eigenvalue weighted by Crippen LogP contribution is 2.32. The number of nitrogen functional groups attached to an aromatic ring is 1. The van der Waals surface area contributed by atoms with Crippen LogP contribution in [0.15, 0.2) is 23.2 Å². The summed E-state index contributed by atoms with van der Waals surface area (Å²) in [5.74, 6) is -2.32. The van der Waals surface area contributed by atoms with Crippen LogP contribution in [-0.2, 0) is 13.0 Å². The molecule has 1 fully saturated rings. The topological polar surface area (TPSA) is 92.8 Å². The molecule has 1 aromatic carbocycles. The quantitative estimate of drug-likeness (QED) is 0.375. The zero-order chi connectivity index (χ0) is 25.7. The summed E-state index contributed by atoms with van der Waals surface area (Å²) in [5.41, 5.74) is 8.77. The lowest BCUT2D eigenvalue weighted by Crippen LogP contribution is -2.38. The van der Waals surface area contributed by atoms with E-state index in [9.17, 15) is 13.6 Å². The highest BCUT2D eigenvalue weighted by Gasteiger charge is 2.27. The number of amides is 1. The largest absolute Gasteiger partial charge is 0.464 e. The molecule has 1 saturated carbocycles. The summed E-state index contributed by atoms with van der Waals surface area (Å²) in [6.07, 6.45) is 7.73. The van der Waals surface area contributed by atoms with Gasteiger partial charge in [-0.05, 0) is 63.1 Å². The normalized spacial score (nSPS) is 20.9. The van der Waals surface area contributed by atoms with E-state index < -0.39 is 12.5 Å². The number of nitrogens with zero attached hydrogens (tertiary/aromatic N) is 3. The zero-order valence-electron chi connectivity index (χ0n) is 20.9. The van der Waals surface area contributed by atoms with E-state index in [2.05, 4.69) is 20.2 Å². The van der Waals surface area contributed by atoms with Gasteiger partial charge in [0.05, 0.1) is 11.3 Å². The summed E-state index contributed by atoms with van der Waals surface area (Å²) >= 11 is 1.39. The second kappa shape index (κ2) is 11.6. The summed E-state index contributed by atoms with van der Waals surface area (Å²) in [5, 5.41) is 3.53. The molecule has 10 heteroatoms. The van der Waals surface area contributed by atoms with E-state index in [1.165, 1.54) is 11.3 Å². The average molecular weight is 520 g/mol. The Hall–Kier alpha value is -2.59. The predicted octanol–water partition coefficient (Wildman–Crippen LogP) is 4.55. The van der Waals surface area contributed by atoms with Gasteiger partial charge in [-0.1, -0.05) is 17.4 Å². The Labute approximate surface area is 215 Å².